The molecule has 0 spiro atoms. The molecule has 2 saturated heterocycles. The summed E-state index contributed by atoms with van der Waals surface area (Å²) in [5, 5.41) is 6.52. The molecular weight excluding hydrogens is 335 g/mol. The lowest BCUT2D eigenvalue weighted by molar-refractivity contribution is -0.124. The number of amides is 1. The van der Waals surface area contributed by atoms with Crippen molar-refractivity contribution in [1.82, 2.24) is 15.6 Å². The van der Waals surface area contributed by atoms with Gasteiger partial charge in [0.05, 0.1) is 6.04 Å². The molecule has 130 valence electrons. The highest BCUT2D eigenvalue weighted by Gasteiger charge is 2.25. The Bertz CT molecular complexity index is 460. The second-order valence-corrected chi connectivity index (χ2v) is 5.96. The fourth-order valence-corrected chi connectivity index (χ4v) is 3.17. The molecule has 0 bridgehead atoms. The van der Waals surface area contributed by atoms with E-state index in [9.17, 15) is 4.79 Å². The van der Waals surface area contributed by atoms with Crippen molar-refractivity contribution < 1.29 is 4.79 Å². The van der Waals surface area contributed by atoms with E-state index in [2.05, 4.69) is 20.5 Å². The Labute approximate surface area is 150 Å². The molecule has 1 aromatic rings. The first-order valence-corrected chi connectivity index (χ1v) is 8.02. The van der Waals surface area contributed by atoms with Crippen molar-refractivity contribution in [2.24, 2.45) is 0 Å². The number of nitrogens with one attached hydrogen (secondary N) is 2. The lowest BCUT2D eigenvalue weighted by atomic mass is 10.0. The van der Waals surface area contributed by atoms with Crippen LogP contribution in [0, 0.1) is 0 Å². The maximum Gasteiger partial charge on any atom is 0.237 e. The minimum Gasteiger partial charge on any atom is -0.356 e. The molecule has 1 atom stereocenters. The molecule has 2 fully saturated rings. The summed E-state index contributed by atoms with van der Waals surface area (Å²) >= 11 is 0. The van der Waals surface area contributed by atoms with Crippen LogP contribution in [0.15, 0.2) is 24.4 Å². The van der Waals surface area contributed by atoms with Gasteiger partial charge in [0, 0.05) is 25.3 Å². The summed E-state index contributed by atoms with van der Waals surface area (Å²) < 4.78 is 0. The van der Waals surface area contributed by atoms with Crippen LogP contribution >= 0.6 is 24.8 Å². The first-order chi connectivity index (χ1) is 10.3. The third-order valence-corrected chi connectivity index (χ3v) is 4.44. The number of carbonyl (C=O) groups excluding carboxylic acids is 1. The van der Waals surface area contributed by atoms with Crippen LogP contribution in [0.1, 0.15) is 32.1 Å². The zero-order valence-corrected chi connectivity index (χ0v) is 14.9. The number of carbonyl (C=O) groups is 1. The summed E-state index contributed by atoms with van der Waals surface area (Å²) in [5.41, 5.74) is 0. The van der Waals surface area contributed by atoms with Crippen LogP contribution in [0.5, 0.6) is 0 Å². The van der Waals surface area contributed by atoms with Gasteiger partial charge in [-0.2, -0.15) is 0 Å². The second kappa shape index (κ2) is 9.96. The Kier molecular flexibility index (Phi) is 8.66. The van der Waals surface area contributed by atoms with E-state index in [1.807, 2.05) is 24.4 Å². The maximum absolute atomic E-state index is 12.2. The van der Waals surface area contributed by atoms with Crippen LogP contribution in [0.4, 0.5) is 5.82 Å². The molecule has 3 heterocycles. The van der Waals surface area contributed by atoms with Crippen LogP contribution in [0.3, 0.4) is 0 Å². The quantitative estimate of drug-likeness (QED) is 0.866. The van der Waals surface area contributed by atoms with Gasteiger partial charge in [0.25, 0.3) is 0 Å². The number of hydrogen-bond donors (Lipinski definition) is 2. The Balaban J connectivity index is 0.00000132. The normalized spacial score (nSPS) is 21.7. The molecule has 1 amide bonds. The maximum atomic E-state index is 12.2. The molecule has 0 aliphatic carbocycles. The third kappa shape index (κ3) is 5.52. The largest absolute Gasteiger partial charge is 0.356 e. The Morgan fingerprint density at radius 1 is 1.17 bits per heavy atom. The van der Waals surface area contributed by atoms with Gasteiger partial charge in [-0.15, -0.1) is 24.8 Å². The highest BCUT2D eigenvalue weighted by Crippen LogP contribution is 2.17. The lowest BCUT2D eigenvalue weighted by Crippen LogP contribution is -2.52. The topological polar surface area (TPSA) is 57.3 Å². The van der Waals surface area contributed by atoms with Crippen LogP contribution in [0.2, 0.25) is 0 Å². The fourth-order valence-electron chi connectivity index (χ4n) is 3.17. The van der Waals surface area contributed by atoms with E-state index in [-0.39, 0.29) is 36.8 Å². The average molecular weight is 361 g/mol. The van der Waals surface area contributed by atoms with Gasteiger partial charge in [-0.25, -0.2) is 4.98 Å². The number of anilines is 1. The number of nitrogens with zero attached hydrogens (tertiary/aromatic N) is 2. The Morgan fingerprint density at radius 3 is 2.57 bits per heavy atom. The summed E-state index contributed by atoms with van der Waals surface area (Å²) in [6, 6.07) is 6.33. The number of halogens is 2. The van der Waals surface area contributed by atoms with E-state index in [1.165, 1.54) is 6.42 Å². The summed E-state index contributed by atoms with van der Waals surface area (Å²) in [6.45, 7) is 2.89. The third-order valence-electron chi connectivity index (χ3n) is 4.44. The Morgan fingerprint density at radius 2 is 1.96 bits per heavy atom. The fraction of sp³-hybridized carbons (Fsp3) is 0.625. The standard InChI is InChI=1S/C16H24N4O.2ClH/c21-16(14-5-1-3-9-17-14)19-13-7-11-20(12-8-13)15-6-2-4-10-18-15;;/h2,4,6,10,13-14,17H,1,3,5,7-9,11-12H2,(H,19,21);2*1H/t14-;;/m1../s1. The van der Waals surface area contributed by atoms with E-state index in [4.69, 9.17) is 0 Å². The van der Waals surface area contributed by atoms with Crippen molar-refractivity contribution >= 4 is 36.5 Å². The summed E-state index contributed by atoms with van der Waals surface area (Å²) in [7, 11) is 0. The highest BCUT2D eigenvalue weighted by atomic mass is 35.5. The number of aromatic nitrogens is 1. The zero-order chi connectivity index (χ0) is 14.5. The second-order valence-electron chi connectivity index (χ2n) is 5.96. The summed E-state index contributed by atoms with van der Waals surface area (Å²) in [6.07, 6.45) is 7.13. The van der Waals surface area contributed by atoms with E-state index < -0.39 is 0 Å². The van der Waals surface area contributed by atoms with Gasteiger partial charge in [-0.1, -0.05) is 12.5 Å². The predicted octanol–water partition coefficient (Wildman–Crippen LogP) is 2.15. The molecule has 3 rings (SSSR count). The SMILES string of the molecule is Cl.Cl.O=C(NC1CCN(c2ccccn2)CC1)[C@H]1CCCCN1. The molecule has 2 aliphatic rings. The van der Waals surface area contributed by atoms with Crippen molar-refractivity contribution in [3.63, 3.8) is 0 Å². The molecule has 7 heteroatoms. The van der Waals surface area contributed by atoms with Gasteiger partial charge in [-0.3, -0.25) is 4.79 Å². The van der Waals surface area contributed by atoms with Crippen molar-refractivity contribution in [1.29, 1.82) is 0 Å². The van der Waals surface area contributed by atoms with Gasteiger partial charge in [0.1, 0.15) is 5.82 Å². The van der Waals surface area contributed by atoms with Crippen LogP contribution in [-0.4, -0.2) is 42.6 Å². The highest BCUT2D eigenvalue weighted by molar-refractivity contribution is 5.85. The molecule has 2 aliphatic heterocycles. The zero-order valence-electron chi connectivity index (χ0n) is 13.2. The van der Waals surface area contributed by atoms with E-state index in [0.29, 0.717) is 6.04 Å². The van der Waals surface area contributed by atoms with Crippen molar-refractivity contribution in [3.05, 3.63) is 24.4 Å². The summed E-state index contributed by atoms with van der Waals surface area (Å²) in [5.74, 6) is 1.22. The predicted molar refractivity (Wildman–Crippen MR) is 97.8 cm³/mol. The first-order valence-electron chi connectivity index (χ1n) is 8.02. The summed E-state index contributed by atoms with van der Waals surface area (Å²) in [4.78, 5) is 18.9. The van der Waals surface area contributed by atoms with Crippen molar-refractivity contribution in [2.75, 3.05) is 24.5 Å². The smallest absolute Gasteiger partial charge is 0.237 e. The van der Waals surface area contributed by atoms with Gasteiger partial charge < -0.3 is 15.5 Å². The van der Waals surface area contributed by atoms with Gasteiger partial charge >= 0.3 is 0 Å². The van der Waals surface area contributed by atoms with Crippen molar-refractivity contribution in [2.45, 2.75) is 44.2 Å². The molecule has 1 aromatic heterocycles. The van der Waals surface area contributed by atoms with E-state index in [0.717, 1.165) is 51.1 Å². The van der Waals surface area contributed by atoms with Crippen LogP contribution < -0.4 is 15.5 Å². The van der Waals surface area contributed by atoms with Gasteiger partial charge in [0.15, 0.2) is 0 Å². The van der Waals surface area contributed by atoms with E-state index in [1.54, 1.807) is 0 Å². The number of rotatable bonds is 3. The number of hydrogen-bond acceptors (Lipinski definition) is 4. The van der Waals surface area contributed by atoms with Crippen molar-refractivity contribution in [3.8, 4) is 0 Å². The molecule has 2 N–H and O–H groups in total. The van der Waals surface area contributed by atoms with Crippen LogP contribution in [-0.2, 0) is 4.79 Å². The Hall–Kier alpha value is -1.04. The molecule has 5 nitrogen and oxygen atoms in total. The number of pyridine rings is 1. The van der Waals surface area contributed by atoms with E-state index >= 15 is 0 Å². The molecule has 0 saturated carbocycles. The molecular formula is C16H26Cl2N4O. The van der Waals surface area contributed by atoms with Gasteiger partial charge in [0.2, 0.25) is 5.91 Å². The number of piperidine rings is 2. The molecule has 0 radical (unpaired) electrons. The minimum atomic E-state index is 0. The van der Waals surface area contributed by atoms with Gasteiger partial charge in [-0.05, 0) is 44.4 Å². The van der Waals surface area contributed by atoms with Crippen LogP contribution in [0.25, 0.3) is 0 Å². The lowest BCUT2D eigenvalue weighted by Gasteiger charge is -2.34. The minimum absolute atomic E-state index is 0. The molecule has 23 heavy (non-hydrogen) atoms. The first kappa shape index (κ1) is 20.0. The molecule has 0 aromatic carbocycles. The molecule has 0 unspecified atom stereocenters. The average Bonchev–Trinajstić information content (AvgIpc) is 2.57. The monoisotopic (exact) mass is 360 g/mol.